The molecule has 0 saturated heterocycles. The van der Waals surface area contributed by atoms with Gasteiger partial charge in [0.25, 0.3) is 0 Å². The van der Waals surface area contributed by atoms with Gasteiger partial charge in [-0.15, -0.1) is 0 Å². The Balaban J connectivity index is 2.06. The number of hydrogen-bond donors (Lipinski definition) is 0. The molecule has 0 aromatic rings. The molecular weight excluding hydrogens is 200 g/mol. The van der Waals surface area contributed by atoms with E-state index in [4.69, 9.17) is 4.74 Å². The van der Waals surface area contributed by atoms with Gasteiger partial charge in [0.05, 0.1) is 5.60 Å². The van der Waals surface area contributed by atoms with E-state index in [-0.39, 0.29) is 0 Å². The number of hydrogen-bond acceptors (Lipinski definition) is 1. The zero-order valence-corrected chi connectivity index (χ0v) is 12.8. The van der Waals surface area contributed by atoms with Gasteiger partial charge in [-0.25, -0.2) is 0 Å². The first kappa shape index (κ1) is 11.7. The van der Waals surface area contributed by atoms with Gasteiger partial charge in [-0.1, -0.05) is 27.2 Å². The van der Waals surface area contributed by atoms with E-state index in [1.54, 1.807) is 0 Å². The van der Waals surface area contributed by atoms with E-state index < -0.39 is 0 Å². The average molecular weight is 226 g/mol. The highest BCUT2D eigenvalue weighted by Gasteiger charge is 2.61. The molecule has 0 aromatic carbocycles. The topological polar surface area (TPSA) is 9.23 Å². The van der Waals surface area contributed by atoms with Crippen molar-refractivity contribution >= 4 is 10.2 Å². The Hall–Kier alpha value is 0.177. The molecule has 4 atom stereocenters. The highest BCUT2D eigenvalue weighted by Crippen LogP contribution is 2.66. The lowest BCUT2D eigenvalue weighted by atomic mass is 9.78. The maximum absolute atomic E-state index is 6.34. The Kier molecular flexibility index (Phi) is 3.02. The smallest absolute Gasteiger partial charge is 0.0708 e. The molecule has 2 bridgehead atoms. The lowest BCUT2D eigenvalue weighted by Gasteiger charge is -2.45. The zero-order chi connectivity index (χ0) is 11.1. The minimum Gasteiger partial charge on any atom is -0.375 e. The standard InChI is InChI=1S/C13H26OSi/c1-4-5-8-14-13-7-6-11(9-13)10(2)12(13,3)15/h10-11H,4-9H2,1-3,15H3. The van der Waals surface area contributed by atoms with Gasteiger partial charge < -0.3 is 4.74 Å². The summed E-state index contributed by atoms with van der Waals surface area (Å²) in [6.45, 7) is 8.18. The van der Waals surface area contributed by atoms with E-state index in [0.29, 0.717) is 10.6 Å². The molecule has 4 unspecified atom stereocenters. The highest BCUT2D eigenvalue weighted by molar-refractivity contribution is 6.16. The third-order valence-electron chi connectivity index (χ3n) is 5.41. The monoisotopic (exact) mass is 226 g/mol. The molecule has 1 nitrogen and oxygen atoms in total. The van der Waals surface area contributed by atoms with Crippen LogP contribution in [0.15, 0.2) is 0 Å². The van der Waals surface area contributed by atoms with Crippen molar-refractivity contribution in [2.75, 3.05) is 6.61 Å². The van der Waals surface area contributed by atoms with Crippen LogP contribution >= 0.6 is 0 Å². The summed E-state index contributed by atoms with van der Waals surface area (Å²) in [7, 11) is 1.29. The van der Waals surface area contributed by atoms with Crippen LogP contribution in [0.3, 0.4) is 0 Å². The minimum atomic E-state index is 0.290. The van der Waals surface area contributed by atoms with Gasteiger partial charge in [0.2, 0.25) is 0 Å². The summed E-state index contributed by atoms with van der Waals surface area (Å²) >= 11 is 0. The average Bonchev–Trinajstić information content (AvgIpc) is 2.68. The molecule has 2 heteroatoms. The molecule has 0 N–H and O–H groups in total. The van der Waals surface area contributed by atoms with Crippen LogP contribution in [0.2, 0.25) is 5.04 Å². The number of fused-ring (bicyclic) bond motifs is 2. The summed E-state index contributed by atoms with van der Waals surface area (Å²) in [5.41, 5.74) is 0.290. The Labute approximate surface area is 97.4 Å². The molecule has 2 saturated carbocycles. The lowest BCUT2D eigenvalue weighted by molar-refractivity contribution is -0.0684. The van der Waals surface area contributed by atoms with E-state index in [1.807, 2.05) is 0 Å². The van der Waals surface area contributed by atoms with Crippen molar-refractivity contribution in [1.82, 2.24) is 0 Å². The third-order valence-corrected chi connectivity index (χ3v) is 7.23. The predicted molar refractivity (Wildman–Crippen MR) is 68.4 cm³/mol. The Morgan fingerprint density at radius 3 is 2.73 bits per heavy atom. The molecule has 2 aliphatic rings. The van der Waals surface area contributed by atoms with Crippen molar-refractivity contribution in [1.29, 1.82) is 0 Å². The van der Waals surface area contributed by atoms with Crippen molar-refractivity contribution in [3.8, 4) is 0 Å². The quantitative estimate of drug-likeness (QED) is 0.529. The fourth-order valence-corrected chi connectivity index (χ4v) is 4.86. The Bertz CT molecular complexity index is 239. The first-order chi connectivity index (χ1) is 7.03. The van der Waals surface area contributed by atoms with E-state index in [2.05, 4.69) is 20.8 Å². The highest BCUT2D eigenvalue weighted by atomic mass is 28.1. The molecule has 15 heavy (non-hydrogen) atoms. The van der Waals surface area contributed by atoms with Crippen LogP contribution < -0.4 is 0 Å². The minimum absolute atomic E-state index is 0.290. The molecular formula is C13H26OSi. The van der Waals surface area contributed by atoms with Crippen LogP contribution in [0.25, 0.3) is 0 Å². The van der Waals surface area contributed by atoms with E-state index >= 15 is 0 Å². The lowest BCUT2D eigenvalue weighted by Crippen LogP contribution is -2.43. The summed E-state index contributed by atoms with van der Waals surface area (Å²) in [5.74, 6) is 1.87. The van der Waals surface area contributed by atoms with E-state index in [0.717, 1.165) is 18.4 Å². The predicted octanol–water partition coefficient (Wildman–Crippen LogP) is 2.54. The SMILES string of the molecule is CCCCOC12CCC(C1)C(C)C2(C)[SiH3]. The molecule has 0 aromatic heterocycles. The number of unbranched alkanes of at least 4 members (excludes halogenated alkanes) is 1. The molecule has 2 rings (SSSR count). The molecule has 2 aliphatic carbocycles. The second-order valence-corrected chi connectivity index (χ2v) is 8.29. The number of rotatable bonds is 4. The van der Waals surface area contributed by atoms with E-state index in [1.165, 1.54) is 42.3 Å². The maximum Gasteiger partial charge on any atom is 0.0708 e. The van der Waals surface area contributed by atoms with Crippen LogP contribution in [0.1, 0.15) is 52.9 Å². The molecule has 0 aliphatic heterocycles. The first-order valence-corrected chi connectivity index (χ1v) is 7.67. The Morgan fingerprint density at radius 1 is 1.47 bits per heavy atom. The summed E-state index contributed by atoms with van der Waals surface area (Å²) in [6.07, 6.45) is 6.61. The summed E-state index contributed by atoms with van der Waals surface area (Å²) in [5, 5.41) is 0.531. The molecule has 2 fully saturated rings. The van der Waals surface area contributed by atoms with Crippen LogP contribution in [0.4, 0.5) is 0 Å². The van der Waals surface area contributed by atoms with Gasteiger partial charge in [0, 0.05) is 16.8 Å². The van der Waals surface area contributed by atoms with Gasteiger partial charge in [-0.3, -0.25) is 0 Å². The van der Waals surface area contributed by atoms with E-state index in [9.17, 15) is 0 Å². The molecule has 0 heterocycles. The van der Waals surface area contributed by atoms with Crippen molar-refractivity contribution in [3.05, 3.63) is 0 Å². The summed E-state index contributed by atoms with van der Waals surface area (Å²) in [4.78, 5) is 0. The van der Waals surface area contributed by atoms with Crippen molar-refractivity contribution in [2.45, 2.75) is 63.5 Å². The van der Waals surface area contributed by atoms with Crippen LogP contribution in [0.5, 0.6) is 0 Å². The number of ether oxygens (including phenoxy) is 1. The summed E-state index contributed by atoms with van der Waals surface area (Å²) < 4.78 is 6.34. The van der Waals surface area contributed by atoms with Gasteiger partial charge in [-0.05, 0) is 42.6 Å². The first-order valence-electron chi connectivity index (χ1n) is 6.67. The van der Waals surface area contributed by atoms with Crippen LogP contribution in [-0.4, -0.2) is 22.5 Å². The van der Waals surface area contributed by atoms with Crippen molar-refractivity contribution in [3.63, 3.8) is 0 Å². The van der Waals surface area contributed by atoms with Gasteiger partial charge in [0.15, 0.2) is 0 Å². The van der Waals surface area contributed by atoms with Crippen LogP contribution in [0, 0.1) is 11.8 Å². The zero-order valence-electron chi connectivity index (χ0n) is 10.8. The maximum atomic E-state index is 6.34. The normalized spacial score (nSPS) is 49.0. The second kappa shape index (κ2) is 3.88. The van der Waals surface area contributed by atoms with Crippen LogP contribution in [-0.2, 0) is 4.74 Å². The molecule has 88 valence electrons. The summed E-state index contributed by atoms with van der Waals surface area (Å²) in [6, 6.07) is 0. The molecule has 0 amide bonds. The second-order valence-electron chi connectivity index (χ2n) is 6.21. The largest absolute Gasteiger partial charge is 0.375 e. The van der Waals surface area contributed by atoms with Crippen molar-refractivity contribution in [2.24, 2.45) is 11.8 Å². The molecule has 0 radical (unpaired) electrons. The third kappa shape index (κ3) is 1.61. The van der Waals surface area contributed by atoms with Gasteiger partial charge in [0.1, 0.15) is 0 Å². The fraction of sp³-hybridized carbons (Fsp3) is 1.00. The van der Waals surface area contributed by atoms with Crippen molar-refractivity contribution < 1.29 is 4.74 Å². The van der Waals surface area contributed by atoms with Gasteiger partial charge in [-0.2, -0.15) is 0 Å². The molecule has 0 spiro atoms. The Morgan fingerprint density at radius 2 is 2.20 bits per heavy atom. The van der Waals surface area contributed by atoms with Gasteiger partial charge >= 0.3 is 0 Å². The fourth-order valence-electron chi connectivity index (χ4n) is 3.79.